The Bertz CT molecular complexity index is 1140. The van der Waals surface area contributed by atoms with Crippen molar-refractivity contribution in [2.24, 2.45) is 0 Å². The molecule has 31 heavy (non-hydrogen) atoms. The summed E-state index contributed by atoms with van der Waals surface area (Å²) in [6.07, 6.45) is 0.491. The van der Waals surface area contributed by atoms with Crippen LogP contribution in [-0.2, 0) is 14.8 Å². The number of carbonyl (C=O) groups excluding carboxylic acids is 3. The van der Waals surface area contributed by atoms with Crippen LogP contribution in [0.1, 0.15) is 16.8 Å². The number of benzene rings is 2. The normalized spacial score (nSPS) is 18.9. The van der Waals surface area contributed by atoms with Gasteiger partial charge in [-0.3, -0.25) is 19.2 Å². The van der Waals surface area contributed by atoms with E-state index >= 15 is 0 Å². The van der Waals surface area contributed by atoms with E-state index in [9.17, 15) is 27.2 Å². The first kappa shape index (κ1) is 20.8. The van der Waals surface area contributed by atoms with Crippen LogP contribution in [0.3, 0.4) is 0 Å². The summed E-state index contributed by atoms with van der Waals surface area (Å²) in [4.78, 5) is 38.7. The molecule has 4 amide bonds. The summed E-state index contributed by atoms with van der Waals surface area (Å²) in [5.41, 5.74) is 0.505. The number of nitrogens with one attached hydrogen (secondary N) is 2. The van der Waals surface area contributed by atoms with Crippen LogP contribution >= 0.6 is 0 Å². The Kier molecular flexibility index (Phi) is 5.36. The van der Waals surface area contributed by atoms with E-state index in [1.165, 1.54) is 36.4 Å². The molecule has 0 bridgehead atoms. The summed E-state index contributed by atoms with van der Waals surface area (Å²) in [6, 6.07) is 9.95. The van der Waals surface area contributed by atoms with Crippen LogP contribution in [0.2, 0.25) is 0 Å². The lowest BCUT2D eigenvalue weighted by molar-refractivity contribution is -0.126. The molecule has 0 saturated carbocycles. The molecule has 2 saturated heterocycles. The second kappa shape index (κ2) is 7.99. The van der Waals surface area contributed by atoms with E-state index in [4.69, 9.17) is 0 Å². The van der Waals surface area contributed by atoms with Crippen molar-refractivity contribution < 1.29 is 27.2 Å². The molecule has 1 unspecified atom stereocenters. The van der Waals surface area contributed by atoms with Gasteiger partial charge in [-0.05, 0) is 42.8 Å². The Morgan fingerprint density at radius 1 is 1.10 bits per heavy atom. The highest BCUT2D eigenvalue weighted by molar-refractivity contribution is 7.92. The molecule has 2 fully saturated rings. The fourth-order valence-corrected chi connectivity index (χ4v) is 4.82. The average molecular weight is 446 g/mol. The number of imide groups is 1. The number of likely N-dealkylation sites (tertiary alicyclic amines) is 1. The third kappa shape index (κ3) is 4.08. The van der Waals surface area contributed by atoms with E-state index in [1.54, 1.807) is 4.90 Å². The van der Waals surface area contributed by atoms with Gasteiger partial charge in [0.1, 0.15) is 10.7 Å². The maximum Gasteiger partial charge on any atom is 0.324 e. The van der Waals surface area contributed by atoms with Crippen LogP contribution in [0.15, 0.2) is 53.4 Å². The Balaban J connectivity index is 1.43. The van der Waals surface area contributed by atoms with E-state index in [-0.39, 0.29) is 36.6 Å². The van der Waals surface area contributed by atoms with E-state index in [0.29, 0.717) is 18.5 Å². The Labute approximate surface area is 177 Å². The van der Waals surface area contributed by atoms with Gasteiger partial charge in [0.2, 0.25) is 5.91 Å². The maximum atomic E-state index is 13.8. The molecule has 0 radical (unpaired) electrons. The zero-order chi connectivity index (χ0) is 22.2. The van der Waals surface area contributed by atoms with Gasteiger partial charge in [-0.15, -0.1) is 0 Å². The van der Waals surface area contributed by atoms with Gasteiger partial charge in [0.25, 0.3) is 15.9 Å². The summed E-state index contributed by atoms with van der Waals surface area (Å²) < 4.78 is 40.8. The third-order valence-electron chi connectivity index (χ3n) is 5.20. The molecule has 0 spiro atoms. The molecule has 2 aromatic carbocycles. The van der Waals surface area contributed by atoms with Crippen molar-refractivity contribution in [2.75, 3.05) is 24.4 Å². The molecule has 1 atom stereocenters. The number of halogens is 1. The number of amides is 4. The quantitative estimate of drug-likeness (QED) is 0.674. The van der Waals surface area contributed by atoms with Crippen LogP contribution in [0.25, 0.3) is 0 Å². The second-order valence-electron chi connectivity index (χ2n) is 7.23. The zero-order valence-corrected chi connectivity index (χ0v) is 17.1. The van der Waals surface area contributed by atoms with Gasteiger partial charge >= 0.3 is 6.03 Å². The zero-order valence-electron chi connectivity index (χ0n) is 16.2. The van der Waals surface area contributed by atoms with Crippen molar-refractivity contribution in [2.45, 2.75) is 17.4 Å². The van der Waals surface area contributed by atoms with Crippen LogP contribution in [0, 0.1) is 5.82 Å². The third-order valence-corrected chi connectivity index (χ3v) is 6.62. The number of hydrogen-bond donors (Lipinski definition) is 2. The van der Waals surface area contributed by atoms with Crippen molar-refractivity contribution in [1.82, 2.24) is 15.1 Å². The van der Waals surface area contributed by atoms with E-state index in [2.05, 4.69) is 10.0 Å². The highest BCUT2D eigenvalue weighted by Gasteiger charge is 2.39. The SMILES string of the molecule is O=C(c1ccc(NS(=O)(=O)c2ccccc2F)cc1)N1CCC(N2C(=O)CNC2=O)C1. The number of rotatable bonds is 5. The molecule has 162 valence electrons. The summed E-state index contributed by atoms with van der Waals surface area (Å²) in [6.45, 7) is 0.593. The molecule has 9 nitrogen and oxygen atoms in total. The second-order valence-corrected chi connectivity index (χ2v) is 8.88. The molecule has 2 aromatic rings. The lowest BCUT2D eigenvalue weighted by Gasteiger charge is -2.21. The first-order chi connectivity index (χ1) is 14.8. The van der Waals surface area contributed by atoms with Gasteiger partial charge in [0, 0.05) is 24.3 Å². The summed E-state index contributed by atoms with van der Waals surface area (Å²) >= 11 is 0. The maximum absolute atomic E-state index is 13.8. The molecule has 4 rings (SSSR count). The average Bonchev–Trinajstić information content (AvgIpc) is 3.34. The lowest BCUT2D eigenvalue weighted by Crippen LogP contribution is -2.42. The van der Waals surface area contributed by atoms with E-state index in [0.717, 1.165) is 17.0 Å². The van der Waals surface area contributed by atoms with Gasteiger partial charge < -0.3 is 10.2 Å². The molecule has 0 aliphatic carbocycles. The van der Waals surface area contributed by atoms with Crippen LogP contribution in [0.5, 0.6) is 0 Å². The fraction of sp³-hybridized carbons (Fsp3) is 0.250. The Hall–Kier alpha value is -3.47. The molecule has 0 aromatic heterocycles. The number of nitrogens with zero attached hydrogens (tertiary/aromatic N) is 2. The number of sulfonamides is 1. The van der Waals surface area contributed by atoms with Crippen molar-refractivity contribution >= 4 is 33.6 Å². The van der Waals surface area contributed by atoms with Gasteiger partial charge in [-0.2, -0.15) is 0 Å². The van der Waals surface area contributed by atoms with Crippen molar-refractivity contribution in [1.29, 1.82) is 0 Å². The molecule has 2 N–H and O–H groups in total. The predicted molar refractivity (Wildman–Crippen MR) is 108 cm³/mol. The van der Waals surface area contributed by atoms with Crippen molar-refractivity contribution in [3.05, 3.63) is 59.9 Å². The van der Waals surface area contributed by atoms with Crippen LogP contribution in [0.4, 0.5) is 14.9 Å². The van der Waals surface area contributed by atoms with Gasteiger partial charge in [-0.1, -0.05) is 12.1 Å². The van der Waals surface area contributed by atoms with Gasteiger partial charge in [-0.25, -0.2) is 17.6 Å². The van der Waals surface area contributed by atoms with Gasteiger partial charge in [0.15, 0.2) is 0 Å². The largest absolute Gasteiger partial charge is 0.336 e. The van der Waals surface area contributed by atoms with Crippen LogP contribution in [-0.4, -0.2) is 61.7 Å². The molecule has 2 aliphatic heterocycles. The van der Waals surface area contributed by atoms with Crippen LogP contribution < -0.4 is 10.0 Å². The summed E-state index contributed by atoms with van der Waals surface area (Å²) in [5.74, 6) is -1.47. The highest BCUT2D eigenvalue weighted by atomic mass is 32.2. The fourth-order valence-electron chi connectivity index (χ4n) is 3.68. The Morgan fingerprint density at radius 2 is 1.81 bits per heavy atom. The smallest absolute Gasteiger partial charge is 0.324 e. The van der Waals surface area contributed by atoms with Crippen molar-refractivity contribution in [3.8, 4) is 0 Å². The molecular formula is C20H19FN4O5S. The number of carbonyl (C=O) groups is 3. The molecule has 11 heteroatoms. The molecular weight excluding hydrogens is 427 g/mol. The van der Waals surface area contributed by atoms with Crippen molar-refractivity contribution in [3.63, 3.8) is 0 Å². The van der Waals surface area contributed by atoms with Gasteiger partial charge in [0.05, 0.1) is 12.6 Å². The summed E-state index contributed by atoms with van der Waals surface area (Å²) in [7, 11) is -4.12. The summed E-state index contributed by atoms with van der Waals surface area (Å²) in [5, 5.41) is 2.47. The minimum atomic E-state index is -4.12. The topological polar surface area (TPSA) is 116 Å². The van der Waals surface area contributed by atoms with E-state index in [1.807, 2.05) is 0 Å². The number of urea groups is 1. The first-order valence-electron chi connectivity index (χ1n) is 9.53. The monoisotopic (exact) mass is 446 g/mol. The number of hydrogen-bond acceptors (Lipinski definition) is 5. The molecule has 2 aliphatic rings. The highest BCUT2D eigenvalue weighted by Crippen LogP contribution is 2.22. The predicted octanol–water partition coefficient (Wildman–Crippen LogP) is 1.39. The Morgan fingerprint density at radius 3 is 2.45 bits per heavy atom. The standard InChI is InChI=1S/C20H19FN4O5S/c21-16-3-1-2-4-17(16)31(29,30)23-14-7-5-13(6-8-14)19(27)24-10-9-15(12-24)25-18(26)11-22-20(25)28/h1-8,15,23H,9-12H2,(H,22,28). The minimum Gasteiger partial charge on any atom is -0.336 e. The minimum absolute atomic E-state index is 0.0342. The first-order valence-corrected chi connectivity index (χ1v) is 11.0. The van der Waals surface area contributed by atoms with E-state index < -0.39 is 26.8 Å². The number of anilines is 1. The molecule has 2 heterocycles. The lowest BCUT2D eigenvalue weighted by atomic mass is 10.2.